The summed E-state index contributed by atoms with van der Waals surface area (Å²) in [6.07, 6.45) is 4.77. The molecular weight excluding hydrogens is 292 g/mol. The molecule has 0 N–H and O–H groups in total. The average Bonchev–Trinajstić information content (AvgIpc) is 2.97. The lowest BCUT2D eigenvalue weighted by atomic mass is 10.0. The maximum Gasteiger partial charge on any atom is 0.354 e. The fourth-order valence-electron chi connectivity index (χ4n) is 2.15. The number of carbonyl (C=O) groups excluding carboxylic acids is 4. The molecule has 0 aromatic carbocycles. The summed E-state index contributed by atoms with van der Waals surface area (Å²) in [5, 5.41) is 0. The lowest BCUT2D eigenvalue weighted by Gasteiger charge is -2.12. The molecule has 0 heterocycles. The second kappa shape index (κ2) is 8.96. The Morgan fingerprint density at radius 3 is 2.27 bits per heavy atom. The molecular formula is C15H20O7. The number of hydrogen-bond donors (Lipinski definition) is 0. The van der Waals surface area contributed by atoms with Crippen molar-refractivity contribution in [2.75, 3.05) is 7.11 Å². The van der Waals surface area contributed by atoms with Crippen LogP contribution in [0.25, 0.3) is 0 Å². The van der Waals surface area contributed by atoms with Crippen molar-refractivity contribution in [3.05, 3.63) is 12.2 Å². The van der Waals surface area contributed by atoms with Gasteiger partial charge in [0.05, 0.1) is 7.11 Å². The summed E-state index contributed by atoms with van der Waals surface area (Å²) in [6, 6.07) is 0. The topological polar surface area (TPSA) is 96.0 Å². The van der Waals surface area contributed by atoms with Crippen LogP contribution >= 0.6 is 0 Å². The summed E-state index contributed by atoms with van der Waals surface area (Å²) in [6.45, 7) is 1.29. The van der Waals surface area contributed by atoms with E-state index in [4.69, 9.17) is 4.74 Å². The molecule has 0 saturated heterocycles. The molecule has 1 rings (SSSR count). The average molecular weight is 312 g/mol. The Morgan fingerprint density at radius 1 is 1.09 bits per heavy atom. The van der Waals surface area contributed by atoms with Gasteiger partial charge in [-0.3, -0.25) is 4.79 Å². The minimum atomic E-state index is -1.23. The third kappa shape index (κ3) is 6.51. The summed E-state index contributed by atoms with van der Waals surface area (Å²) < 4.78 is 13.7. The molecule has 122 valence electrons. The van der Waals surface area contributed by atoms with Crippen LogP contribution in [0.3, 0.4) is 0 Å². The first-order valence-corrected chi connectivity index (χ1v) is 7.13. The van der Waals surface area contributed by atoms with Gasteiger partial charge < -0.3 is 14.2 Å². The van der Waals surface area contributed by atoms with E-state index in [1.54, 1.807) is 0 Å². The van der Waals surface area contributed by atoms with Crippen molar-refractivity contribution in [3.63, 3.8) is 0 Å². The van der Waals surface area contributed by atoms with E-state index in [9.17, 15) is 19.2 Å². The largest absolute Gasteiger partial charge is 0.466 e. The van der Waals surface area contributed by atoms with E-state index in [0.717, 1.165) is 44.9 Å². The van der Waals surface area contributed by atoms with Crippen molar-refractivity contribution < 1.29 is 33.4 Å². The van der Waals surface area contributed by atoms with Crippen LogP contribution in [0.15, 0.2) is 12.2 Å². The highest BCUT2D eigenvalue weighted by Gasteiger charge is 2.24. The number of methoxy groups -OCH3 is 1. The van der Waals surface area contributed by atoms with E-state index in [1.807, 2.05) is 0 Å². The molecule has 1 aliphatic carbocycles. The number of ether oxygens (including phenoxy) is 3. The Kier molecular flexibility index (Phi) is 7.28. The minimum Gasteiger partial charge on any atom is -0.466 e. The van der Waals surface area contributed by atoms with Crippen LogP contribution in [0.4, 0.5) is 0 Å². The summed E-state index contributed by atoms with van der Waals surface area (Å²) in [7, 11) is 1.16. The maximum atomic E-state index is 11.6. The normalized spacial score (nSPS) is 16.3. The molecule has 0 amide bonds. The quantitative estimate of drug-likeness (QED) is 0.315. The predicted molar refractivity (Wildman–Crippen MR) is 74.4 cm³/mol. The molecule has 7 heteroatoms. The highest BCUT2D eigenvalue weighted by atomic mass is 16.6. The zero-order valence-electron chi connectivity index (χ0n) is 12.7. The van der Waals surface area contributed by atoms with Crippen LogP contribution in [0, 0.1) is 5.92 Å². The predicted octanol–water partition coefficient (Wildman–Crippen LogP) is 1.30. The molecule has 0 aliphatic heterocycles. The Bertz CT molecular complexity index is 461. The zero-order chi connectivity index (χ0) is 16.5. The van der Waals surface area contributed by atoms with E-state index in [-0.39, 0.29) is 12.3 Å². The van der Waals surface area contributed by atoms with Crippen LogP contribution in [-0.2, 0) is 33.4 Å². The van der Waals surface area contributed by atoms with Gasteiger partial charge >= 0.3 is 23.9 Å². The third-order valence-electron chi connectivity index (χ3n) is 3.33. The number of rotatable bonds is 6. The number of esters is 4. The van der Waals surface area contributed by atoms with Gasteiger partial charge in [-0.25, -0.2) is 14.4 Å². The molecule has 7 nitrogen and oxygen atoms in total. The molecule has 22 heavy (non-hydrogen) atoms. The smallest absolute Gasteiger partial charge is 0.354 e. The molecule has 1 fully saturated rings. The van der Waals surface area contributed by atoms with Gasteiger partial charge in [0.15, 0.2) is 6.10 Å². The number of hydrogen-bond acceptors (Lipinski definition) is 7. The monoisotopic (exact) mass is 312 g/mol. The molecule has 0 radical (unpaired) electrons. The number of carbonyl (C=O) groups is 4. The van der Waals surface area contributed by atoms with Gasteiger partial charge in [0, 0.05) is 18.6 Å². The minimum absolute atomic E-state index is 0.203. The first-order valence-electron chi connectivity index (χ1n) is 7.13. The van der Waals surface area contributed by atoms with Crippen molar-refractivity contribution in [3.8, 4) is 0 Å². The van der Waals surface area contributed by atoms with Crippen molar-refractivity contribution in [2.24, 2.45) is 5.92 Å². The van der Waals surface area contributed by atoms with Gasteiger partial charge in [-0.15, -0.1) is 0 Å². The van der Waals surface area contributed by atoms with Gasteiger partial charge in [0.25, 0.3) is 0 Å². The van der Waals surface area contributed by atoms with Crippen molar-refractivity contribution >= 4 is 23.9 Å². The van der Waals surface area contributed by atoms with Gasteiger partial charge in [0.2, 0.25) is 0 Å². The summed E-state index contributed by atoms with van der Waals surface area (Å²) in [5.74, 6) is -2.90. The van der Waals surface area contributed by atoms with E-state index in [2.05, 4.69) is 9.47 Å². The second-order valence-electron chi connectivity index (χ2n) is 5.08. The molecule has 1 aliphatic rings. The standard InChI is InChI=1S/C15H20O7/c1-10(21-13(17)8-7-12(16)20-2)15(19)22-14(18)9-11-5-3-4-6-11/h7-8,10-11H,3-6,9H2,1-2H3/b8-7+. The molecule has 1 atom stereocenters. The highest BCUT2D eigenvalue weighted by Crippen LogP contribution is 2.27. The van der Waals surface area contributed by atoms with Gasteiger partial charge in [-0.2, -0.15) is 0 Å². The van der Waals surface area contributed by atoms with Crippen LogP contribution in [-0.4, -0.2) is 37.1 Å². The molecule has 0 aromatic heterocycles. The van der Waals surface area contributed by atoms with E-state index < -0.39 is 30.0 Å². The third-order valence-corrected chi connectivity index (χ3v) is 3.33. The van der Waals surface area contributed by atoms with E-state index >= 15 is 0 Å². The van der Waals surface area contributed by atoms with Crippen molar-refractivity contribution in [2.45, 2.75) is 45.1 Å². The molecule has 0 bridgehead atoms. The summed E-state index contributed by atoms with van der Waals surface area (Å²) in [4.78, 5) is 45.3. The van der Waals surface area contributed by atoms with Crippen LogP contribution in [0.1, 0.15) is 39.0 Å². The zero-order valence-corrected chi connectivity index (χ0v) is 12.7. The van der Waals surface area contributed by atoms with E-state index in [1.165, 1.54) is 6.92 Å². The van der Waals surface area contributed by atoms with E-state index in [0.29, 0.717) is 0 Å². The van der Waals surface area contributed by atoms with Crippen molar-refractivity contribution in [1.82, 2.24) is 0 Å². The van der Waals surface area contributed by atoms with Crippen molar-refractivity contribution in [1.29, 1.82) is 0 Å². The fourth-order valence-corrected chi connectivity index (χ4v) is 2.15. The Morgan fingerprint density at radius 2 is 1.68 bits per heavy atom. The second-order valence-corrected chi connectivity index (χ2v) is 5.08. The lowest BCUT2D eigenvalue weighted by Crippen LogP contribution is -2.28. The Balaban J connectivity index is 2.34. The Labute approximate surface area is 128 Å². The molecule has 1 saturated carbocycles. The van der Waals surface area contributed by atoms with Crippen LogP contribution in [0.2, 0.25) is 0 Å². The molecule has 1 unspecified atom stereocenters. The summed E-state index contributed by atoms with van der Waals surface area (Å²) in [5.41, 5.74) is 0. The molecule has 0 spiro atoms. The van der Waals surface area contributed by atoms with Gasteiger partial charge in [0.1, 0.15) is 0 Å². The van der Waals surface area contributed by atoms with Crippen LogP contribution in [0.5, 0.6) is 0 Å². The highest BCUT2D eigenvalue weighted by molar-refractivity contribution is 5.93. The summed E-state index contributed by atoms with van der Waals surface area (Å²) >= 11 is 0. The van der Waals surface area contributed by atoms with Crippen LogP contribution < -0.4 is 0 Å². The SMILES string of the molecule is COC(=O)/C=C/C(=O)OC(C)C(=O)OC(=O)CC1CCCC1. The molecule has 0 aromatic rings. The maximum absolute atomic E-state index is 11.6. The first kappa shape index (κ1) is 17.9. The lowest BCUT2D eigenvalue weighted by molar-refractivity contribution is -0.171. The fraction of sp³-hybridized carbons (Fsp3) is 0.600. The van der Waals surface area contributed by atoms with Gasteiger partial charge in [-0.1, -0.05) is 12.8 Å². The Hall–Kier alpha value is -2.18. The first-order chi connectivity index (χ1) is 10.4. The van der Waals surface area contributed by atoms with Gasteiger partial charge in [-0.05, 0) is 25.7 Å².